The molecule has 1 heterocycles. The van der Waals surface area contributed by atoms with Crippen LogP contribution in [-0.4, -0.2) is 62.1 Å². The first-order valence-electron chi connectivity index (χ1n) is 9.15. The van der Waals surface area contributed by atoms with Crippen molar-refractivity contribution >= 4 is 17.8 Å². The molecule has 2 rings (SSSR count). The molecule has 25 heavy (non-hydrogen) atoms. The van der Waals surface area contributed by atoms with Gasteiger partial charge in [-0.25, -0.2) is 0 Å². The highest BCUT2D eigenvalue weighted by Crippen LogP contribution is 2.35. The van der Waals surface area contributed by atoms with E-state index < -0.39 is 11.9 Å². The van der Waals surface area contributed by atoms with Crippen molar-refractivity contribution in [3.8, 4) is 0 Å². The fourth-order valence-corrected chi connectivity index (χ4v) is 3.80. The van der Waals surface area contributed by atoms with E-state index in [1.807, 2.05) is 4.90 Å². The Morgan fingerprint density at radius 2 is 2.04 bits per heavy atom. The minimum atomic E-state index is -0.469. The zero-order chi connectivity index (χ0) is 18.4. The number of esters is 1. The molecule has 1 saturated carbocycles. The molecule has 142 valence electrons. The first-order chi connectivity index (χ1) is 11.9. The lowest BCUT2D eigenvalue weighted by Crippen LogP contribution is -2.45. The third-order valence-electron chi connectivity index (χ3n) is 5.53. The van der Waals surface area contributed by atoms with E-state index in [4.69, 9.17) is 9.47 Å². The Balaban J connectivity index is 1.81. The first kappa shape index (κ1) is 19.7. The SMILES string of the molecule is COCCNC(=O)COC(=O)[C@@H]1CC(=O)N([C@@H]2CCC[C@@H](C)[C@H]2C)C1. The van der Waals surface area contributed by atoms with Gasteiger partial charge in [0.15, 0.2) is 6.61 Å². The Kier molecular flexibility index (Phi) is 7.23. The number of ether oxygens (including phenoxy) is 2. The van der Waals surface area contributed by atoms with Crippen LogP contribution >= 0.6 is 0 Å². The van der Waals surface area contributed by atoms with Gasteiger partial charge in [-0.05, 0) is 18.3 Å². The number of likely N-dealkylation sites (tertiary alicyclic amines) is 1. The summed E-state index contributed by atoms with van der Waals surface area (Å²) < 4.78 is 9.91. The number of nitrogens with one attached hydrogen (secondary N) is 1. The topological polar surface area (TPSA) is 84.9 Å². The average molecular weight is 354 g/mol. The molecule has 2 amide bonds. The largest absolute Gasteiger partial charge is 0.455 e. The number of amides is 2. The highest BCUT2D eigenvalue weighted by molar-refractivity contribution is 5.88. The fourth-order valence-electron chi connectivity index (χ4n) is 3.80. The molecule has 1 N–H and O–H groups in total. The van der Waals surface area contributed by atoms with Gasteiger partial charge in [0.1, 0.15) is 0 Å². The summed E-state index contributed by atoms with van der Waals surface area (Å²) in [7, 11) is 1.54. The standard InChI is InChI=1S/C18H30N2O5/c1-12-5-4-6-15(13(12)2)20-10-14(9-17(20)22)18(23)25-11-16(21)19-7-8-24-3/h12-15H,4-11H2,1-3H3,(H,19,21)/t12-,13-,14-,15-/m1/s1. The Morgan fingerprint density at radius 1 is 1.28 bits per heavy atom. The maximum atomic E-state index is 12.4. The minimum absolute atomic E-state index is 0.0254. The molecule has 2 aliphatic rings. The number of hydrogen-bond donors (Lipinski definition) is 1. The minimum Gasteiger partial charge on any atom is -0.455 e. The molecular formula is C18H30N2O5. The van der Waals surface area contributed by atoms with E-state index in [-0.39, 0.29) is 30.9 Å². The normalized spacial score (nSPS) is 29.6. The third kappa shape index (κ3) is 5.17. The molecule has 7 heteroatoms. The van der Waals surface area contributed by atoms with Crippen LogP contribution in [-0.2, 0) is 23.9 Å². The van der Waals surface area contributed by atoms with Crippen LogP contribution in [0.25, 0.3) is 0 Å². The van der Waals surface area contributed by atoms with E-state index in [9.17, 15) is 14.4 Å². The Morgan fingerprint density at radius 3 is 2.76 bits per heavy atom. The molecule has 0 aromatic heterocycles. The van der Waals surface area contributed by atoms with Crippen molar-refractivity contribution in [2.75, 3.05) is 33.4 Å². The summed E-state index contributed by atoms with van der Waals surface area (Å²) in [6.45, 7) is 5.29. The van der Waals surface area contributed by atoms with E-state index >= 15 is 0 Å². The van der Waals surface area contributed by atoms with Gasteiger partial charge < -0.3 is 19.7 Å². The highest BCUT2D eigenvalue weighted by atomic mass is 16.5. The molecule has 1 aliphatic carbocycles. The number of rotatable bonds is 7. The van der Waals surface area contributed by atoms with Gasteiger partial charge in [-0.2, -0.15) is 0 Å². The molecule has 0 aromatic carbocycles. The lowest BCUT2D eigenvalue weighted by Gasteiger charge is -2.39. The Labute approximate surface area is 149 Å². The van der Waals surface area contributed by atoms with Crippen LogP contribution < -0.4 is 5.32 Å². The van der Waals surface area contributed by atoms with Crippen LogP contribution in [0.3, 0.4) is 0 Å². The van der Waals surface area contributed by atoms with Crippen molar-refractivity contribution in [2.45, 2.75) is 45.6 Å². The lowest BCUT2D eigenvalue weighted by atomic mass is 9.77. The van der Waals surface area contributed by atoms with Crippen LogP contribution in [0, 0.1) is 17.8 Å². The van der Waals surface area contributed by atoms with Crippen molar-refractivity contribution in [3.05, 3.63) is 0 Å². The number of carbonyl (C=O) groups excluding carboxylic acids is 3. The maximum absolute atomic E-state index is 12.4. The van der Waals surface area contributed by atoms with Crippen LogP contribution in [0.2, 0.25) is 0 Å². The van der Waals surface area contributed by atoms with Gasteiger partial charge in [-0.3, -0.25) is 14.4 Å². The van der Waals surface area contributed by atoms with Crippen LogP contribution in [0.15, 0.2) is 0 Å². The molecule has 1 aliphatic heterocycles. The summed E-state index contributed by atoms with van der Waals surface area (Å²) in [6, 6.07) is 0.214. The molecule has 0 unspecified atom stereocenters. The van der Waals surface area contributed by atoms with Gasteiger partial charge in [0.25, 0.3) is 5.91 Å². The van der Waals surface area contributed by atoms with Crippen LogP contribution in [0.5, 0.6) is 0 Å². The van der Waals surface area contributed by atoms with Crippen molar-refractivity contribution in [3.63, 3.8) is 0 Å². The maximum Gasteiger partial charge on any atom is 0.311 e. The zero-order valence-electron chi connectivity index (χ0n) is 15.5. The lowest BCUT2D eigenvalue weighted by molar-refractivity contribution is -0.152. The molecule has 0 aromatic rings. The number of hydrogen-bond acceptors (Lipinski definition) is 5. The van der Waals surface area contributed by atoms with E-state index in [0.717, 1.165) is 12.8 Å². The van der Waals surface area contributed by atoms with Gasteiger partial charge in [-0.15, -0.1) is 0 Å². The second-order valence-electron chi connectivity index (χ2n) is 7.23. The van der Waals surface area contributed by atoms with Gasteiger partial charge in [0.05, 0.1) is 12.5 Å². The van der Waals surface area contributed by atoms with Gasteiger partial charge in [-0.1, -0.05) is 26.7 Å². The summed E-state index contributed by atoms with van der Waals surface area (Å²) in [4.78, 5) is 38.0. The van der Waals surface area contributed by atoms with Gasteiger partial charge in [0, 0.05) is 32.7 Å². The van der Waals surface area contributed by atoms with E-state index in [1.165, 1.54) is 6.42 Å². The summed E-state index contributed by atoms with van der Waals surface area (Å²) in [5.41, 5.74) is 0. The summed E-state index contributed by atoms with van der Waals surface area (Å²) in [5.74, 6) is -0.232. The molecular weight excluding hydrogens is 324 g/mol. The molecule has 7 nitrogen and oxygen atoms in total. The highest BCUT2D eigenvalue weighted by Gasteiger charge is 2.42. The third-order valence-corrected chi connectivity index (χ3v) is 5.53. The summed E-state index contributed by atoms with van der Waals surface area (Å²) >= 11 is 0. The van der Waals surface area contributed by atoms with Gasteiger partial charge in [0.2, 0.25) is 5.91 Å². The van der Waals surface area contributed by atoms with E-state index in [1.54, 1.807) is 7.11 Å². The number of methoxy groups -OCH3 is 1. The van der Waals surface area contributed by atoms with E-state index in [0.29, 0.717) is 31.5 Å². The zero-order valence-corrected chi connectivity index (χ0v) is 15.5. The number of nitrogens with zero attached hydrogens (tertiary/aromatic N) is 1. The molecule has 2 fully saturated rings. The van der Waals surface area contributed by atoms with Gasteiger partial charge >= 0.3 is 5.97 Å². The molecule has 1 saturated heterocycles. The predicted octanol–water partition coefficient (Wildman–Crippen LogP) is 0.965. The van der Waals surface area contributed by atoms with Crippen molar-refractivity contribution in [1.82, 2.24) is 10.2 Å². The van der Waals surface area contributed by atoms with Crippen molar-refractivity contribution in [1.29, 1.82) is 0 Å². The second-order valence-corrected chi connectivity index (χ2v) is 7.23. The Hall–Kier alpha value is -1.63. The predicted molar refractivity (Wildman–Crippen MR) is 91.6 cm³/mol. The van der Waals surface area contributed by atoms with Crippen LogP contribution in [0.4, 0.5) is 0 Å². The van der Waals surface area contributed by atoms with E-state index in [2.05, 4.69) is 19.2 Å². The first-order valence-corrected chi connectivity index (χ1v) is 9.15. The van der Waals surface area contributed by atoms with Crippen molar-refractivity contribution < 1.29 is 23.9 Å². The second kappa shape index (κ2) is 9.17. The molecule has 4 atom stereocenters. The Bertz CT molecular complexity index is 496. The fraction of sp³-hybridized carbons (Fsp3) is 0.833. The quantitative estimate of drug-likeness (QED) is 0.544. The van der Waals surface area contributed by atoms with Crippen molar-refractivity contribution in [2.24, 2.45) is 17.8 Å². The molecule has 0 bridgehead atoms. The molecule has 0 radical (unpaired) electrons. The smallest absolute Gasteiger partial charge is 0.311 e. The van der Waals surface area contributed by atoms with Crippen LogP contribution in [0.1, 0.15) is 39.5 Å². The average Bonchev–Trinajstić information content (AvgIpc) is 2.97. The summed E-state index contributed by atoms with van der Waals surface area (Å²) in [5, 5.41) is 2.59. The number of carbonyl (C=O) groups is 3. The summed E-state index contributed by atoms with van der Waals surface area (Å²) in [6.07, 6.45) is 3.50. The monoisotopic (exact) mass is 354 g/mol. The molecule has 0 spiro atoms.